The Kier molecular flexibility index (Phi) is 5.02. The van der Waals surface area contributed by atoms with Crippen LogP contribution in [0.15, 0.2) is 12.1 Å². The van der Waals surface area contributed by atoms with Gasteiger partial charge in [0, 0.05) is 12.7 Å². The molecule has 0 aliphatic heterocycles. The van der Waals surface area contributed by atoms with Gasteiger partial charge in [-0.3, -0.25) is 0 Å². The van der Waals surface area contributed by atoms with E-state index in [4.69, 9.17) is 38.8 Å². The first-order valence-corrected chi connectivity index (χ1v) is 5.39. The standard InChI is InChI=1S/C10H13Cl2NO2/c11-7-5-9(13)10(6-8(7)12)15-4-2-1-3-14/h5-6,14H,1-4,13H2. The third-order valence-electron chi connectivity index (χ3n) is 1.86. The highest BCUT2D eigenvalue weighted by Gasteiger charge is 2.05. The minimum Gasteiger partial charge on any atom is -0.491 e. The number of ether oxygens (including phenoxy) is 1. The van der Waals surface area contributed by atoms with Crippen molar-refractivity contribution in [2.75, 3.05) is 18.9 Å². The molecule has 0 saturated carbocycles. The fourth-order valence-corrected chi connectivity index (χ4v) is 1.39. The average molecular weight is 250 g/mol. The van der Waals surface area contributed by atoms with Crippen LogP contribution in [0.3, 0.4) is 0 Å². The maximum atomic E-state index is 8.58. The Morgan fingerprint density at radius 2 is 1.87 bits per heavy atom. The van der Waals surface area contributed by atoms with Crippen molar-refractivity contribution in [1.29, 1.82) is 0 Å². The summed E-state index contributed by atoms with van der Waals surface area (Å²) in [4.78, 5) is 0. The number of halogens is 2. The van der Waals surface area contributed by atoms with Crippen LogP contribution in [0.25, 0.3) is 0 Å². The van der Waals surface area contributed by atoms with E-state index >= 15 is 0 Å². The van der Waals surface area contributed by atoms with Gasteiger partial charge in [0.05, 0.1) is 22.3 Å². The van der Waals surface area contributed by atoms with Crippen molar-refractivity contribution in [2.45, 2.75) is 12.8 Å². The molecular formula is C10H13Cl2NO2. The van der Waals surface area contributed by atoms with E-state index < -0.39 is 0 Å². The second-order valence-electron chi connectivity index (χ2n) is 3.08. The van der Waals surface area contributed by atoms with E-state index in [9.17, 15) is 0 Å². The largest absolute Gasteiger partial charge is 0.491 e. The fourth-order valence-electron chi connectivity index (χ4n) is 1.06. The third-order valence-corrected chi connectivity index (χ3v) is 2.58. The number of rotatable bonds is 5. The summed E-state index contributed by atoms with van der Waals surface area (Å²) >= 11 is 11.6. The summed E-state index contributed by atoms with van der Waals surface area (Å²) in [6.45, 7) is 0.670. The predicted octanol–water partition coefficient (Wildman–Crippen LogP) is 2.73. The summed E-state index contributed by atoms with van der Waals surface area (Å²) in [5.41, 5.74) is 6.15. The van der Waals surface area contributed by atoms with Crippen LogP contribution in [0, 0.1) is 0 Å². The first-order chi connectivity index (χ1) is 7.15. The number of hydrogen-bond acceptors (Lipinski definition) is 3. The van der Waals surface area contributed by atoms with Gasteiger partial charge in [-0.2, -0.15) is 0 Å². The van der Waals surface area contributed by atoms with E-state index in [1.54, 1.807) is 12.1 Å². The molecule has 0 unspecified atom stereocenters. The van der Waals surface area contributed by atoms with E-state index in [0.717, 1.165) is 6.42 Å². The number of hydrogen-bond donors (Lipinski definition) is 2. The van der Waals surface area contributed by atoms with Gasteiger partial charge in [-0.05, 0) is 18.9 Å². The van der Waals surface area contributed by atoms with Crippen LogP contribution in [0.2, 0.25) is 10.0 Å². The van der Waals surface area contributed by atoms with E-state index in [2.05, 4.69) is 0 Å². The van der Waals surface area contributed by atoms with Gasteiger partial charge < -0.3 is 15.6 Å². The second kappa shape index (κ2) is 6.05. The quantitative estimate of drug-likeness (QED) is 0.624. The molecule has 0 saturated heterocycles. The maximum Gasteiger partial charge on any atom is 0.143 e. The van der Waals surface area contributed by atoms with Crippen LogP contribution in [0.4, 0.5) is 5.69 Å². The lowest BCUT2D eigenvalue weighted by Gasteiger charge is -2.09. The third kappa shape index (κ3) is 3.78. The number of unbranched alkanes of at least 4 members (excludes halogenated alkanes) is 1. The highest BCUT2D eigenvalue weighted by molar-refractivity contribution is 6.42. The molecule has 0 aliphatic carbocycles. The lowest BCUT2D eigenvalue weighted by Crippen LogP contribution is -2.01. The van der Waals surface area contributed by atoms with Crippen molar-refractivity contribution in [1.82, 2.24) is 0 Å². The van der Waals surface area contributed by atoms with E-state index in [0.29, 0.717) is 34.5 Å². The summed E-state index contributed by atoms with van der Waals surface area (Å²) in [6.07, 6.45) is 1.48. The highest BCUT2D eigenvalue weighted by atomic mass is 35.5. The number of anilines is 1. The summed E-state index contributed by atoms with van der Waals surface area (Å²) in [6, 6.07) is 3.16. The highest BCUT2D eigenvalue weighted by Crippen LogP contribution is 2.32. The zero-order chi connectivity index (χ0) is 11.3. The van der Waals surface area contributed by atoms with Gasteiger partial charge in [0.25, 0.3) is 0 Å². The Morgan fingerprint density at radius 1 is 1.20 bits per heavy atom. The van der Waals surface area contributed by atoms with Gasteiger partial charge in [-0.1, -0.05) is 23.2 Å². The Bertz CT molecular complexity index is 331. The minimum absolute atomic E-state index is 0.167. The monoisotopic (exact) mass is 249 g/mol. The minimum atomic E-state index is 0.167. The van der Waals surface area contributed by atoms with Crippen LogP contribution < -0.4 is 10.5 Å². The Hall–Kier alpha value is -0.640. The lowest BCUT2D eigenvalue weighted by molar-refractivity contribution is 0.253. The fraction of sp³-hybridized carbons (Fsp3) is 0.400. The molecule has 5 heteroatoms. The number of nitrogen functional groups attached to an aromatic ring is 1. The molecule has 0 aromatic heterocycles. The molecule has 0 aliphatic rings. The van der Waals surface area contributed by atoms with Crippen molar-refractivity contribution in [3.8, 4) is 5.75 Å². The van der Waals surface area contributed by atoms with Crippen LogP contribution >= 0.6 is 23.2 Å². The number of aliphatic hydroxyl groups excluding tert-OH is 1. The van der Waals surface area contributed by atoms with Crippen molar-refractivity contribution in [3.63, 3.8) is 0 Å². The average Bonchev–Trinajstić information content (AvgIpc) is 2.20. The SMILES string of the molecule is Nc1cc(Cl)c(Cl)cc1OCCCCO. The molecule has 0 fully saturated rings. The molecule has 3 nitrogen and oxygen atoms in total. The Morgan fingerprint density at radius 3 is 2.53 bits per heavy atom. The van der Waals surface area contributed by atoms with Gasteiger partial charge in [-0.25, -0.2) is 0 Å². The molecule has 0 heterocycles. The van der Waals surface area contributed by atoms with E-state index in [1.807, 2.05) is 0 Å². The predicted molar refractivity (Wildman–Crippen MR) is 62.7 cm³/mol. The zero-order valence-corrected chi connectivity index (χ0v) is 9.68. The number of benzene rings is 1. The molecule has 0 atom stereocenters. The van der Waals surface area contributed by atoms with Crippen molar-refractivity contribution >= 4 is 28.9 Å². The van der Waals surface area contributed by atoms with E-state index in [-0.39, 0.29) is 6.61 Å². The summed E-state index contributed by atoms with van der Waals surface area (Å²) in [5.74, 6) is 0.530. The molecule has 0 amide bonds. The van der Waals surface area contributed by atoms with Gasteiger partial charge >= 0.3 is 0 Å². The lowest BCUT2D eigenvalue weighted by atomic mass is 10.3. The molecule has 1 aromatic rings. The molecule has 0 bridgehead atoms. The molecule has 3 N–H and O–H groups in total. The molecule has 84 valence electrons. The number of nitrogens with two attached hydrogens (primary N) is 1. The maximum absolute atomic E-state index is 8.58. The second-order valence-corrected chi connectivity index (χ2v) is 3.90. The van der Waals surface area contributed by atoms with Gasteiger partial charge in [0.15, 0.2) is 0 Å². The van der Waals surface area contributed by atoms with E-state index in [1.165, 1.54) is 0 Å². The van der Waals surface area contributed by atoms with Crippen LogP contribution in [-0.4, -0.2) is 18.3 Å². The topological polar surface area (TPSA) is 55.5 Å². The van der Waals surface area contributed by atoms with Crippen LogP contribution in [-0.2, 0) is 0 Å². The smallest absolute Gasteiger partial charge is 0.143 e. The van der Waals surface area contributed by atoms with Crippen molar-refractivity contribution < 1.29 is 9.84 Å². The zero-order valence-electron chi connectivity index (χ0n) is 8.17. The van der Waals surface area contributed by atoms with Crippen molar-refractivity contribution in [2.24, 2.45) is 0 Å². The Balaban J connectivity index is 2.57. The summed E-state index contributed by atoms with van der Waals surface area (Å²) in [7, 11) is 0. The van der Waals surface area contributed by atoms with Gasteiger partial charge in [0.2, 0.25) is 0 Å². The molecule has 15 heavy (non-hydrogen) atoms. The van der Waals surface area contributed by atoms with Gasteiger partial charge in [-0.15, -0.1) is 0 Å². The summed E-state index contributed by atoms with van der Waals surface area (Å²) < 4.78 is 5.40. The molecular weight excluding hydrogens is 237 g/mol. The first-order valence-electron chi connectivity index (χ1n) is 4.63. The first kappa shape index (κ1) is 12.4. The van der Waals surface area contributed by atoms with Gasteiger partial charge in [0.1, 0.15) is 5.75 Å². The van der Waals surface area contributed by atoms with Crippen molar-refractivity contribution in [3.05, 3.63) is 22.2 Å². The molecule has 0 spiro atoms. The molecule has 1 rings (SSSR count). The Labute approximate surface area is 98.7 Å². The molecule has 0 radical (unpaired) electrons. The summed E-state index contributed by atoms with van der Waals surface area (Å²) in [5, 5.41) is 9.41. The normalized spacial score (nSPS) is 10.3. The molecule has 1 aromatic carbocycles. The van der Waals surface area contributed by atoms with Crippen LogP contribution in [0.5, 0.6) is 5.75 Å². The van der Waals surface area contributed by atoms with Crippen LogP contribution in [0.1, 0.15) is 12.8 Å². The number of aliphatic hydroxyl groups is 1.